The summed E-state index contributed by atoms with van der Waals surface area (Å²) in [5, 5.41) is 3.21. The number of nitrogens with one attached hydrogen (secondary N) is 1. The summed E-state index contributed by atoms with van der Waals surface area (Å²) >= 11 is 0. The molecular formula is C19H23NO6. The van der Waals surface area contributed by atoms with Gasteiger partial charge < -0.3 is 18.6 Å². The number of furan rings is 1. The fraction of sp³-hybridized carbons (Fsp3) is 0.474. The van der Waals surface area contributed by atoms with Crippen LogP contribution in [0.3, 0.4) is 0 Å². The van der Waals surface area contributed by atoms with E-state index in [9.17, 15) is 9.59 Å². The normalized spacial score (nSPS) is 17.5. The van der Waals surface area contributed by atoms with Gasteiger partial charge in [0.05, 0.1) is 32.0 Å². The van der Waals surface area contributed by atoms with Crippen LogP contribution in [0.2, 0.25) is 0 Å². The first-order valence-corrected chi connectivity index (χ1v) is 8.82. The lowest BCUT2D eigenvalue weighted by Gasteiger charge is -2.19. The van der Waals surface area contributed by atoms with E-state index in [0.717, 1.165) is 10.9 Å². The van der Waals surface area contributed by atoms with Crippen molar-refractivity contribution in [3.63, 3.8) is 0 Å². The molecule has 7 heteroatoms. The summed E-state index contributed by atoms with van der Waals surface area (Å²) in [7, 11) is 0. The fourth-order valence-electron chi connectivity index (χ4n) is 2.96. The standard InChI is InChI=1S/C19H23NO6/c1-2-23-7-8-24-9-10-25-13-3-5-17-15(11-13)16(12-26-17)14-4-6-18(21)20-19(14)22/h3,5,11-12,14H,2,4,6-10H2,1H3,(H,20,21,22). The Balaban J connectivity index is 1.61. The summed E-state index contributed by atoms with van der Waals surface area (Å²) < 4.78 is 21.9. The highest BCUT2D eigenvalue weighted by Crippen LogP contribution is 2.34. The van der Waals surface area contributed by atoms with Crippen molar-refractivity contribution in [1.29, 1.82) is 0 Å². The first-order valence-electron chi connectivity index (χ1n) is 8.82. The van der Waals surface area contributed by atoms with Crippen molar-refractivity contribution < 1.29 is 28.2 Å². The Labute approximate surface area is 151 Å². The summed E-state index contributed by atoms with van der Waals surface area (Å²) in [6.45, 7) is 4.63. The van der Waals surface area contributed by atoms with Gasteiger partial charge in [0.15, 0.2) is 0 Å². The molecule has 140 valence electrons. The van der Waals surface area contributed by atoms with Gasteiger partial charge in [-0.05, 0) is 31.5 Å². The lowest BCUT2D eigenvalue weighted by molar-refractivity contribution is -0.134. The molecular weight excluding hydrogens is 338 g/mol. The molecule has 3 rings (SSSR count). The number of ether oxygens (including phenoxy) is 3. The Hall–Kier alpha value is -2.38. The number of hydrogen-bond acceptors (Lipinski definition) is 6. The number of hydrogen-bond donors (Lipinski definition) is 1. The molecule has 7 nitrogen and oxygen atoms in total. The van der Waals surface area contributed by atoms with Crippen LogP contribution in [0.5, 0.6) is 5.75 Å². The van der Waals surface area contributed by atoms with Gasteiger partial charge in [0.25, 0.3) is 0 Å². The average molecular weight is 361 g/mol. The number of rotatable bonds is 9. The maximum absolute atomic E-state index is 12.1. The van der Waals surface area contributed by atoms with E-state index in [2.05, 4.69) is 5.32 Å². The summed E-state index contributed by atoms with van der Waals surface area (Å²) in [4.78, 5) is 23.5. The molecule has 1 aromatic carbocycles. The van der Waals surface area contributed by atoms with Crippen LogP contribution in [0.25, 0.3) is 11.0 Å². The first kappa shape index (κ1) is 18.4. The Kier molecular flexibility index (Phi) is 6.25. The van der Waals surface area contributed by atoms with Crippen molar-refractivity contribution in [3.05, 3.63) is 30.0 Å². The van der Waals surface area contributed by atoms with Gasteiger partial charge in [0.1, 0.15) is 17.9 Å². The van der Waals surface area contributed by atoms with Crippen LogP contribution in [0, 0.1) is 0 Å². The lowest BCUT2D eigenvalue weighted by Crippen LogP contribution is -2.39. The second kappa shape index (κ2) is 8.82. The van der Waals surface area contributed by atoms with Crippen LogP contribution in [0.1, 0.15) is 31.2 Å². The molecule has 1 aromatic heterocycles. The molecule has 0 saturated carbocycles. The van der Waals surface area contributed by atoms with E-state index < -0.39 is 0 Å². The molecule has 0 radical (unpaired) electrons. The highest BCUT2D eigenvalue weighted by molar-refractivity contribution is 6.02. The molecule has 2 heterocycles. The third-order valence-corrected chi connectivity index (χ3v) is 4.26. The molecule has 0 aliphatic carbocycles. The van der Waals surface area contributed by atoms with E-state index in [0.29, 0.717) is 57.2 Å². The molecule has 1 aliphatic rings. The second-order valence-corrected chi connectivity index (χ2v) is 6.01. The van der Waals surface area contributed by atoms with Crippen molar-refractivity contribution in [2.24, 2.45) is 0 Å². The van der Waals surface area contributed by atoms with E-state index in [1.807, 2.05) is 25.1 Å². The largest absolute Gasteiger partial charge is 0.491 e. The minimum absolute atomic E-state index is 0.229. The summed E-state index contributed by atoms with van der Waals surface area (Å²) in [5.41, 5.74) is 1.47. The molecule has 0 spiro atoms. The van der Waals surface area contributed by atoms with E-state index >= 15 is 0 Å². The molecule has 1 N–H and O–H groups in total. The zero-order valence-corrected chi connectivity index (χ0v) is 14.8. The van der Waals surface area contributed by atoms with E-state index in [1.165, 1.54) is 0 Å². The minimum atomic E-state index is -0.383. The van der Waals surface area contributed by atoms with Gasteiger partial charge in [0.2, 0.25) is 11.8 Å². The van der Waals surface area contributed by atoms with Crippen molar-refractivity contribution in [3.8, 4) is 5.75 Å². The Bertz CT molecular complexity index is 768. The predicted octanol–water partition coefficient (Wildman–Crippen LogP) is 2.38. The van der Waals surface area contributed by atoms with Crippen LogP contribution < -0.4 is 10.1 Å². The first-order chi connectivity index (χ1) is 12.7. The third kappa shape index (κ3) is 4.42. The topological polar surface area (TPSA) is 87.0 Å². The minimum Gasteiger partial charge on any atom is -0.491 e. The highest BCUT2D eigenvalue weighted by Gasteiger charge is 2.30. The molecule has 1 aliphatic heterocycles. The van der Waals surface area contributed by atoms with Crippen molar-refractivity contribution in [1.82, 2.24) is 5.32 Å². The van der Waals surface area contributed by atoms with Crippen molar-refractivity contribution >= 4 is 22.8 Å². The van der Waals surface area contributed by atoms with Gasteiger partial charge in [0, 0.05) is 24.0 Å². The van der Waals surface area contributed by atoms with Crippen molar-refractivity contribution in [2.75, 3.05) is 33.0 Å². The van der Waals surface area contributed by atoms with Crippen LogP contribution in [-0.2, 0) is 19.1 Å². The summed E-state index contributed by atoms with van der Waals surface area (Å²) in [6.07, 6.45) is 2.40. The van der Waals surface area contributed by atoms with Gasteiger partial charge in [-0.15, -0.1) is 0 Å². The van der Waals surface area contributed by atoms with Crippen LogP contribution in [0.4, 0.5) is 0 Å². The zero-order chi connectivity index (χ0) is 18.4. The molecule has 1 unspecified atom stereocenters. The molecule has 1 atom stereocenters. The third-order valence-electron chi connectivity index (χ3n) is 4.26. The number of carbonyl (C=O) groups excluding carboxylic acids is 2. The summed E-state index contributed by atoms with van der Waals surface area (Å²) in [6, 6.07) is 5.49. The van der Waals surface area contributed by atoms with Crippen LogP contribution in [0.15, 0.2) is 28.9 Å². The molecule has 1 fully saturated rings. The predicted molar refractivity (Wildman–Crippen MR) is 94.1 cm³/mol. The SMILES string of the molecule is CCOCCOCCOc1ccc2occ(C3CCC(=O)NC3=O)c2c1. The highest BCUT2D eigenvalue weighted by atomic mass is 16.5. The van der Waals surface area contributed by atoms with Crippen LogP contribution in [-0.4, -0.2) is 44.8 Å². The maximum atomic E-state index is 12.1. The van der Waals surface area contributed by atoms with Gasteiger partial charge in [-0.2, -0.15) is 0 Å². The molecule has 2 amide bonds. The smallest absolute Gasteiger partial charge is 0.234 e. The maximum Gasteiger partial charge on any atom is 0.234 e. The molecule has 1 saturated heterocycles. The van der Waals surface area contributed by atoms with E-state index in [4.69, 9.17) is 18.6 Å². The van der Waals surface area contributed by atoms with Gasteiger partial charge in [-0.3, -0.25) is 14.9 Å². The summed E-state index contributed by atoms with van der Waals surface area (Å²) in [5.74, 6) is -0.211. The average Bonchev–Trinajstić information content (AvgIpc) is 3.04. The monoisotopic (exact) mass is 361 g/mol. The van der Waals surface area contributed by atoms with Gasteiger partial charge >= 0.3 is 0 Å². The molecule has 0 bridgehead atoms. The second-order valence-electron chi connectivity index (χ2n) is 6.01. The number of amides is 2. The van der Waals surface area contributed by atoms with E-state index in [-0.39, 0.29) is 17.7 Å². The van der Waals surface area contributed by atoms with Gasteiger partial charge in [-0.25, -0.2) is 0 Å². The molecule has 2 aromatic rings. The number of piperidine rings is 1. The molecule has 26 heavy (non-hydrogen) atoms. The number of imide groups is 1. The van der Waals surface area contributed by atoms with E-state index in [1.54, 1.807) is 6.26 Å². The Morgan fingerprint density at radius 3 is 2.77 bits per heavy atom. The Morgan fingerprint density at radius 1 is 1.15 bits per heavy atom. The van der Waals surface area contributed by atoms with Crippen LogP contribution >= 0.6 is 0 Å². The lowest BCUT2D eigenvalue weighted by atomic mass is 9.90. The zero-order valence-electron chi connectivity index (χ0n) is 14.8. The fourth-order valence-corrected chi connectivity index (χ4v) is 2.96. The quantitative estimate of drug-likeness (QED) is 0.545. The van der Waals surface area contributed by atoms with Gasteiger partial charge in [-0.1, -0.05) is 0 Å². The number of carbonyl (C=O) groups is 2. The number of fused-ring (bicyclic) bond motifs is 1. The van der Waals surface area contributed by atoms with Crippen molar-refractivity contribution in [2.45, 2.75) is 25.7 Å². The number of benzene rings is 1. The Morgan fingerprint density at radius 2 is 1.96 bits per heavy atom.